The molecule has 30 heavy (non-hydrogen) atoms. The van der Waals surface area contributed by atoms with Crippen LogP contribution in [0.5, 0.6) is 0 Å². The van der Waals surface area contributed by atoms with E-state index >= 15 is 0 Å². The van der Waals surface area contributed by atoms with Crippen LogP contribution in [-0.2, 0) is 4.79 Å². The van der Waals surface area contributed by atoms with Crippen LogP contribution in [-0.4, -0.2) is 16.8 Å². The van der Waals surface area contributed by atoms with Crippen molar-refractivity contribution in [3.05, 3.63) is 89.6 Å². The molecule has 4 aromatic rings. The number of halogens is 1. The van der Waals surface area contributed by atoms with Crippen LogP contribution in [0, 0.1) is 0 Å². The molecule has 0 atom stereocenters. The van der Waals surface area contributed by atoms with Crippen molar-refractivity contribution in [1.29, 1.82) is 0 Å². The van der Waals surface area contributed by atoms with Crippen LogP contribution in [0.4, 0.5) is 11.4 Å². The fraction of sp³-hybridized carbons (Fsp3) is 0.0417. The summed E-state index contributed by atoms with van der Waals surface area (Å²) in [6, 6.07) is 21.9. The third kappa shape index (κ3) is 4.16. The van der Waals surface area contributed by atoms with Gasteiger partial charge in [0.25, 0.3) is 5.91 Å². The van der Waals surface area contributed by atoms with Gasteiger partial charge in [0.05, 0.1) is 10.7 Å². The molecule has 4 rings (SSSR count). The second-order valence-corrected chi connectivity index (χ2v) is 7.20. The van der Waals surface area contributed by atoms with Gasteiger partial charge in [0.15, 0.2) is 0 Å². The molecule has 0 unspecified atom stereocenters. The van der Waals surface area contributed by atoms with Gasteiger partial charge >= 0.3 is 0 Å². The molecule has 0 saturated carbocycles. The smallest absolute Gasteiger partial charge is 0.255 e. The second kappa shape index (κ2) is 8.35. The molecule has 0 saturated heterocycles. The predicted octanol–water partition coefficient (Wildman–Crippen LogP) is 5.77. The summed E-state index contributed by atoms with van der Waals surface area (Å²) in [5, 5.41) is 8.17. The van der Waals surface area contributed by atoms with E-state index in [1.54, 1.807) is 42.6 Å². The number of nitrogens with zero attached hydrogens (tertiary/aromatic N) is 1. The van der Waals surface area contributed by atoms with Crippen LogP contribution in [0.2, 0.25) is 5.02 Å². The average molecular weight is 416 g/mol. The number of benzene rings is 3. The lowest BCUT2D eigenvalue weighted by Gasteiger charge is -2.11. The Balaban J connectivity index is 1.62. The molecule has 0 radical (unpaired) electrons. The van der Waals surface area contributed by atoms with Gasteiger partial charge in [-0.05, 0) is 53.9 Å². The maximum absolute atomic E-state index is 12.6. The van der Waals surface area contributed by atoms with E-state index in [0.29, 0.717) is 22.0 Å². The second-order valence-electron chi connectivity index (χ2n) is 6.79. The van der Waals surface area contributed by atoms with Crippen molar-refractivity contribution in [2.45, 2.75) is 6.92 Å². The Labute approximate surface area is 178 Å². The number of hydrogen-bond donors (Lipinski definition) is 2. The highest BCUT2D eigenvalue weighted by Gasteiger charge is 2.12. The number of hydrogen-bond acceptors (Lipinski definition) is 3. The fourth-order valence-electron chi connectivity index (χ4n) is 3.23. The van der Waals surface area contributed by atoms with Gasteiger partial charge < -0.3 is 10.6 Å². The van der Waals surface area contributed by atoms with Gasteiger partial charge in [-0.1, -0.05) is 35.9 Å². The van der Waals surface area contributed by atoms with Crippen molar-refractivity contribution in [3.63, 3.8) is 0 Å². The monoisotopic (exact) mass is 415 g/mol. The number of rotatable bonds is 4. The van der Waals surface area contributed by atoms with E-state index < -0.39 is 0 Å². The molecule has 0 fully saturated rings. The van der Waals surface area contributed by atoms with Gasteiger partial charge in [0.1, 0.15) is 0 Å². The van der Waals surface area contributed by atoms with Gasteiger partial charge in [-0.2, -0.15) is 0 Å². The van der Waals surface area contributed by atoms with E-state index in [1.165, 1.54) is 6.92 Å². The highest BCUT2D eigenvalue weighted by atomic mass is 35.5. The zero-order valence-corrected chi connectivity index (χ0v) is 16.9. The number of anilines is 2. The van der Waals surface area contributed by atoms with E-state index in [1.807, 2.05) is 36.4 Å². The zero-order chi connectivity index (χ0) is 21.1. The Kier molecular flexibility index (Phi) is 5.46. The lowest BCUT2D eigenvalue weighted by molar-refractivity contribution is -0.114. The fourth-order valence-corrected chi connectivity index (χ4v) is 3.44. The summed E-state index contributed by atoms with van der Waals surface area (Å²) in [6.45, 7) is 1.43. The van der Waals surface area contributed by atoms with E-state index in [-0.39, 0.29) is 11.8 Å². The van der Waals surface area contributed by atoms with Gasteiger partial charge in [-0.3, -0.25) is 14.6 Å². The number of nitrogens with one attached hydrogen (secondary N) is 2. The van der Waals surface area contributed by atoms with Crippen LogP contribution >= 0.6 is 11.6 Å². The first-order chi connectivity index (χ1) is 14.5. The van der Waals surface area contributed by atoms with Crippen LogP contribution in [0.1, 0.15) is 17.3 Å². The number of carbonyl (C=O) groups excluding carboxylic acids is 2. The molecule has 5 nitrogen and oxygen atoms in total. The molecule has 2 amide bonds. The van der Waals surface area contributed by atoms with Crippen LogP contribution in [0.15, 0.2) is 79.0 Å². The molecule has 1 aromatic heterocycles. The van der Waals surface area contributed by atoms with Crippen molar-refractivity contribution in [3.8, 4) is 11.3 Å². The van der Waals surface area contributed by atoms with Gasteiger partial charge in [-0.15, -0.1) is 0 Å². The minimum Gasteiger partial charge on any atom is -0.326 e. The van der Waals surface area contributed by atoms with Crippen molar-refractivity contribution < 1.29 is 9.59 Å². The first kappa shape index (κ1) is 19.6. The zero-order valence-electron chi connectivity index (χ0n) is 16.1. The number of pyridine rings is 1. The molecule has 0 aliphatic carbocycles. The maximum Gasteiger partial charge on any atom is 0.255 e. The Morgan fingerprint density at radius 1 is 0.867 bits per heavy atom. The minimum atomic E-state index is -0.261. The van der Waals surface area contributed by atoms with Crippen LogP contribution < -0.4 is 10.6 Å². The normalized spacial score (nSPS) is 10.6. The number of aromatic nitrogens is 1. The highest BCUT2D eigenvalue weighted by molar-refractivity contribution is 6.33. The largest absolute Gasteiger partial charge is 0.326 e. The summed E-state index contributed by atoms with van der Waals surface area (Å²) in [5.74, 6) is -0.425. The van der Waals surface area contributed by atoms with Gasteiger partial charge in [0, 0.05) is 41.0 Å². The summed E-state index contributed by atoms with van der Waals surface area (Å²) in [4.78, 5) is 28.3. The number of carbonyl (C=O) groups is 2. The van der Waals surface area contributed by atoms with Gasteiger partial charge in [0.2, 0.25) is 5.91 Å². The molecule has 148 valence electrons. The summed E-state index contributed by atoms with van der Waals surface area (Å²) in [5.41, 5.74) is 3.22. The average Bonchev–Trinajstić information content (AvgIpc) is 2.75. The highest BCUT2D eigenvalue weighted by Crippen LogP contribution is 2.33. The molecule has 0 spiro atoms. The third-order valence-electron chi connectivity index (χ3n) is 4.62. The van der Waals surface area contributed by atoms with Crippen molar-refractivity contribution >= 4 is 45.6 Å². The Morgan fingerprint density at radius 2 is 1.60 bits per heavy atom. The lowest BCUT2D eigenvalue weighted by atomic mass is 10.0. The molecule has 0 bridgehead atoms. The third-order valence-corrected chi connectivity index (χ3v) is 4.95. The molecule has 1 heterocycles. The Morgan fingerprint density at radius 3 is 2.37 bits per heavy atom. The van der Waals surface area contributed by atoms with Crippen molar-refractivity contribution in [1.82, 2.24) is 4.98 Å². The van der Waals surface area contributed by atoms with E-state index in [9.17, 15) is 9.59 Å². The van der Waals surface area contributed by atoms with Gasteiger partial charge in [-0.25, -0.2) is 0 Å². The number of fused-ring (bicyclic) bond motifs is 1. The standard InChI is InChI=1S/C24H18ClN3O2/c1-15(29)27-18-8-6-17(7-9-18)24(30)28-19-10-11-22(25)21(14-19)23-20-5-3-2-4-16(20)12-13-26-23/h2-14H,1H3,(H,27,29)(H,28,30). The van der Waals surface area contributed by atoms with Crippen LogP contribution in [0.25, 0.3) is 22.0 Å². The van der Waals surface area contributed by atoms with Crippen LogP contribution in [0.3, 0.4) is 0 Å². The molecular weight excluding hydrogens is 398 g/mol. The molecule has 0 aliphatic rings. The lowest BCUT2D eigenvalue weighted by Crippen LogP contribution is -2.12. The minimum absolute atomic E-state index is 0.164. The van der Waals surface area contributed by atoms with Crippen molar-refractivity contribution in [2.75, 3.05) is 10.6 Å². The summed E-state index contributed by atoms with van der Waals surface area (Å²) in [6.07, 6.45) is 1.75. The Bertz CT molecular complexity index is 1250. The summed E-state index contributed by atoms with van der Waals surface area (Å²) >= 11 is 6.46. The topological polar surface area (TPSA) is 71.1 Å². The molecule has 3 aromatic carbocycles. The van der Waals surface area contributed by atoms with E-state index in [0.717, 1.165) is 22.0 Å². The first-order valence-electron chi connectivity index (χ1n) is 9.34. The first-order valence-corrected chi connectivity index (χ1v) is 9.72. The molecule has 2 N–H and O–H groups in total. The van der Waals surface area contributed by atoms with E-state index in [2.05, 4.69) is 15.6 Å². The Hall–Kier alpha value is -3.70. The quantitative estimate of drug-likeness (QED) is 0.444. The molecular formula is C24H18ClN3O2. The van der Waals surface area contributed by atoms with E-state index in [4.69, 9.17) is 11.6 Å². The number of amides is 2. The molecule has 6 heteroatoms. The maximum atomic E-state index is 12.6. The predicted molar refractivity (Wildman–Crippen MR) is 121 cm³/mol. The SMILES string of the molecule is CC(=O)Nc1ccc(C(=O)Nc2ccc(Cl)c(-c3nccc4ccccc34)c2)cc1. The molecule has 0 aliphatic heterocycles. The summed E-state index contributed by atoms with van der Waals surface area (Å²) in [7, 11) is 0. The van der Waals surface area contributed by atoms with Crippen molar-refractivity contribution in [2.24, 2.45) is 0 Å². The summed E-state index contributed by atoms with van der Waals surface area (Å²) < 4.78 is 0.